The molecular formula is C13H20O2. The molecule has 1 aromatic rings. The number of benzene rings is 1. The minimum atomic E-state index is 0.723. The Bertz CT molecular complexity index is 254. The molecule has 1 aromatic carbocycles. The largest absolute Gasteiger partial charge is 0.494 e. The van der Waals surface area contributed by atoms with Gasteiger partial charge < -0.3 is 9.47 Å². The monoisotopic (exact) mass is 208 g/mol. The maximum absolute atomic E-state index is 5.56. The average Bonchev–Trinajstić information content (AvgIpc) is 2.27. The van der Waals surface area contributed by atoms with Crippen LogP contribution in [0.4, 0.5) is 0 Å². The van der Waals surface area contributed by atoms with Gasteiger partial charge in [-0.2, -0.15) is 0 Å². The molecule has 1 rings (SSSR count). The van der Waals surface area contributed by atoms with E-state index in [0.717, 1.165) is 31.8 Å². The highest BCUT2D eigenvalue weighted by atomic mass is 16.5. The van der Waals surface area contributed by atoms with Crippen LogP contribution in [-0.2, 0) is 11.2 Å². The fraction of sp³-hybridized carbons (Fsp3) is 0.538. The molecule has 0 aliphatic rings. The predicted octanol–water partition coefficient (Wildman–Crippen LogP) is 3.05. The summed E-state index contributed by atoms with van der Waals surface area (Å²) in [5.41, 5.74) is 1.38. The van der Waals surface area contributed by atoms with Gasteiger partial charge in [-0.3, -0.25) is 0 Å². The van der Waals surface area contributed by atoms with Gasteiger partial charge in [0, 0.05) is 20.1 Å². The van der Waals surface area contributed by atoms with Gasteiger partial charge in [0.15, 0.2) is 0 Å². The first-order chi connectivity index (χ1) is 7.36. The molecule has 0 amide bonds. The molecule has 0 aliphatic heterocycles. The highest BCUT2D eigenvalue weighted by Gasteiger charge is 1.94. The second-order valence-electron chi connectivity index (χ2n) is 3.59. The van der Waals surface area contributed by atoms with E-state index in [1.165, 1.54) is 12.0 Å². The van der Waals surface area contributed by atoms with Gasteiger partial charge in [0.25, 0.3) is 0 Å². The maximum atomic E-state index is 5.56. The smallest absolute Gasteiger partial charge is 0.119 e. The van der Waals surface area contributed by atoms with Gasteiger partial charge in [-0.1, -0.05) is 25.5 Å². The van der Waals surface area contributed by atoms with Crippen LogP contribution in [0.5, 0.6) is 5.75 Å². The van der Waals surface area contributed by atoms with Gasteiger partial charge in [0.2, 0.25) is 0 Å². The van der Waals surface area contributed by atoms with Crippen LogP contribution in [0.3, 0.4) is 0 Å². The molecule has 0 saturated carbocycles. The van der Waals surface area contributed by atoms with E-state index in [-0.39, 0.29) is 0 Å². The van der Waals surface area contributed by atoms with Crippen molar-refractivity contribution in [3.05, 3.63) is 29.8 Å². The van der Waals surface area contributed by atoms with Crippen molar-refractivity contribution in [3.63, 3.8) is 0 Å². The van der Waals surface area contributed by atoms with Crippen LogP contribution in [0.2, 0.25) is 0 Å². The molecule has 2 heteroatoms. The third-order valence-corrected chi connectivity index (χ3v) is 2.22. The molecule has 0 N–H and O–H groups in total. The maximum Gasteiger partial charge on any atom is 0.119 e. The molecule has 0 fully saturated rings. The van der Waals surface area contributed by atoms with E-state index in [0.29, 0.717) is 0 Å². The van der Waals surface area contributed by atoms with Crippen molar-refractivity contribution < 1.29 is 9.47 Å². The topological polar surface area (TPSA) is 18.5 Å². The van der Waals surface area contributed by atoms with Crippen molar-refractivity contribution in [3.8, 4) is 5.75 Å². The minimum absolute atomic E-state index is 0.723. The number of aryl methyl sites for hydroxylation is 1. The van der Waals surface area contributed by atoms with Gasteiger partial charge in [0.05, 0.1) is 6.61 Å². The SMILES string of the molecule is CCCc1ccc(OCCCOC)cc1. The minimum Gasteiger partial charge on any atom is -0.494 e. The van der Waals surface area contributed by atoms with Crippen molar-refractivity contribution in [2.24, 2.45) is 0 Å². The molecule has 0 aromatic heterocycles. The lowest BCUT2D eigenvalue weighted by molar-refractivity contribution is 0.172. The molecule has 0 radical (unpaired) electrons. The van der Waals surface area contributed by atoms with Crippen molar-refractivity contribution in [1.29, 1.82) is 0 Å². The molecule has 0 saturated heterocycles. The molecule has 0 atom stereocenters. The van der Waals surface area contributed by atoms with E-state index >= 15 is 0 Å². The Labute approximate surface area is 92.2 Å². The summed E-state index contributed by atoms with van der Waals surface area (Å²) in [6.07, 6.45) is 3.27. The Morgan fingerprint density at radius 1 is 1.07 bits per heavy atom. The van der Waals surface area contributed by atoms with Crippen LogP contribution in [0, 0.1) is 0 Å². The first-order valence-electron chi connectivity index (χ1n) is 5.57. The Balaban J connectivity index is 2.29. The number of rotatable bonds is 7. The Kier molecular flexibility index (Phi) is 5.86. The summed E-state index contributed by atoms with van der Waals surface area (Å²) < 4.78 is 10.5. The lowest BCUT2D eigenvalue weighted by atomic mass is 10.1. The van der Waals surface area contributed by atoms with E-state index in [2.05, 4.69) is 19.1 Å². The first-order valence-corrected chi connectivity index (χ1v) is 5.57. The molecule has 0 aliphatic carbocycles. The predicted molar refractivity (Wildman–Crippen MR) is 62.4 cm³/mol. The van der Waals surface area contributed by atoms with Crippen LogP contribution in [0.25, 0.3) is 0 Å². The molecule has 0 bridgehead atoms. The normalized spacial score (nSPS) is 10.3. The number of ether oxygens (including phenoxy) is 2. The standard InChI is InChI=1S/C13H20O2/c1-3-5-12-6-8-13(9-7-12)15-11-4-10-14-2/h6-9H,3-5,10-11H2,1-2H3. The highest BCUT2D eigenvalue weighted by Crippen LogP contribution is 2.13. The third kappa shape index (κ3) is 4.84. The Hall–Kier alpha value is -1.02. The van der Waals surface area contributed by atoms with Crippen LogP contribution in [-0.4, -0.2) is 20.3 Å². The molecule has 84 valence electrons. The second-order valence-corrected chi connectivity index (χ2v) is 3.59. The summed E-state index contributed by atoms with van der Waals surface area (Å²) in [5, 5.41) is 0. The van der Waals surface area contributed by atoms with E-state index in [9.17, 15) is 0 Å². The zero-order valence-corrected chi connectivity index (χ0v) is 9.66. The molecular weight excluding hydrogens is 188 g/mol. The number of hydrogen-bond acceptors (Lipinski definition) is 2. The third-order valence-electron chi connectivity index (χ3n) is 2.22. The molecule has 2 nitrogen and oxygen atoms in total. The number of hydrogen-bond donors (Lipinski definition) is 0. The summed E-state index contributed by atoms with van der Waals surface area (Å²) >= 11 is 0. The van der Waals surface area contributed by atoms with Crippen LogP contribution in [0.1, 0.15) is 25.3 Å². The van der Waals surface area contributed by atoms with Crippen LogP contribution < -0.4 is 4.74 Å². The van der Waals surface area contributed by atoms with Gasteiger partial charge in [-0.25, -0.2) is 0 Å². The highest BCUT2D eigenvalue weighted by molar-refractivity contribution is 5.27. The second kappa shape index (κ2) is 7.30. The molecule has 0 spiro atoms. The fourth-order valence-electron chi connectivity index (χ4n) is 1.43. The van der Waals surface area contributed by atoms with Crippen molar-refractivity contribution in [2.45, 2.75) is 26.2 Å². The van der Waals surface area contributed by atoms with Gasteiger partial charge >= 0.3 is 0 Å². The Morgan fingerprint density at radius 3 is 2.40 bits per heavy atom. The van der Waals surface area contributed by atoms with Crippen LogP contribution >= 0.6 is 0 Å². The summed E-state index contributed by atoms with van der Waals surface area (Å²) in [4.78, 5) is 0. The van der Waals surface area contributed by atoms with E-state index < -0.39 is 0 Å². The average molecular weight is 208 g/mol. The lowest BCUT2D eigenvalue weighted by Crippen LogP contribution is -2.01. The van der Waals surface area contributed by atoms with Gasteiger partial charge in [-0.05, 0) is 24.1 Å². The van der Waals surface area contributed by atoms with Crippen molar-refractivity contribution in [1.82, 2.24) is 0 Å². The molecule has 0 heterocycles. The summed E-state index contributed by atoms with van der Waals surface area (Å²) in [7, 11) is 1.71. The first kappa shape index (κ1) is 12.1. The zero-order chi connectivity index (χ0) is 10.9. The van der Waals surface area contributed by atoms with Crippen molar-refractivity contribution >= 4 is 0 Å². The summed E-state index contributed by atoms with van der Waals surface area (Å²) in [6, 6.07) is 8.35. The molecule has 15 heavy (non-hydrogen) atoms. The van der Waals surface area contributed by atoms with Crippen molar-refractivity contribution in [2.75, 3.05) is 20.3 Å². The van der Waals surface area contributed by atoms with E-state index in [4.69, 9.17) is 9.47 Å². The van der Waals surface area contributed by atoms with E-state index in [1.807, 2.05) is 12.1 Å². The fourth-order valence-corrected chi connectivity index (χ4v) is 1.43. The Morgan fingerprint density at radius 2 is 1.80 bits per heavy atom. The quantitative estimate of drug-likeness (QED) is 0.641. The molecule has 0 unspecified atom stereocenters. The summed E-state index contributed by atoms with van der Waals surface area (Å²) in [6.45, 7) is 3.67. The van der Waals surface area contributed by atoms with E-state index in [1.54, 1.807) is 7.11 Å². The van der Waals surface area contributed by atoms with Gasteiger partial charge in [-0.15, -0.1) is 0 Å². The van der Waals surface area contributed by atoms with Gasteiger partial charge in [0.1, 0.15) is 5.75 Å². The lowest BCUT2D eigenvalue weighted by Gasteiger charge is -2.06. The number of methoxy groups -OCH3 is 1. The van der Waals surface area contributed by atoms with Crippen LogP contribution in [0.15, 0.2) is 24.3 Å². The summed E-state index contributed by atoms with van der Waals surface area (Å²) in [5.74, 6) is 0.950. The zero-order valence-electron chi connectivity index (χ0n) is 9.66.